The Hall–Kier alpha value is -3.54. The minimum absolute atomic E-state index is 0.510. The Morgan fingerprint density at radius 3 is 2.51 bits per heavy atom. The highest BCUT2D eigenvalue weighted by Crippen LogP contribution is 2.31. The molecule has 37 heavy (non-hydrogen) atoms. The molecule has 4 rings (SSSR count). The van der Waals surface area contributed by atoms with E-state index in [4.69, 9.17) is 10.7 Å². The molecule has 2 aromatic carbocycles. The zero-order valence-electron chi connectivity index (χ0n) is 22.3. The summed E-state index contributed by atoms with van der Waals surface area (Å²) in [5.41, 5.74) is 17.3. The molecule has 0 fully saturated rings. The summed E-state index contributed by atoms with van der Waals surface area (Å²) >= 11 is 0. The summed E-state index contributed by atoms with van der Waals surface area (Å²) in [6, 6.07) is 21.5. The average Bonchev–Trinajstić information content (AvgIpc) is 2.95. The summed E-state index contributed by atoms with van der Waals surface area (Å²) in [6.45, 7) is 9.77. The molecule has 0 saturated heterocycles. The minimum Gasteiger partial charge on any atom is -0.379 e. The molecule has 2 heterocycles. The number of aryl methyl sites for hydroxylation is 1. The van der Waals surface area contributed by atoms with Gasteiger partial charge in [-0.05, 0) is 90.0 Å². The number of pyridine rings is 2. The van der Waals surface area contributed by atoms with Crippen LogP contribution < -0.4 is 16.4 Å². The number of anilines is 1. The number of nitrogens with zero attached hydrogens (tertiary/aromatic N) is 2. The van der Waals surface area contributed by atoms with E-state index in [0.717, 1.165) is 47.7 Å². The van der Waals surface area contributed by atoms with Crippen LogP contribution in [0.3, 0.4) is 0 Å². The van der Waals surface area contributed by atoms with Crippen molar-refractivity contribution in [2.45, 2.75) is 59.7 Å². The van der Waals surface area contributed by atoms with E-state index in [0.29, 0.717) is 13.1 Å². The fraction of sp³-hybridized carbons (Fsp3) is 0.312. The highest BCUT2D eigenvalue weighted by Gasteiger charge is 2.10. The molecule has 0 bridgehead atoms. The van der Waals surface area contributed by atoms with Crippen molar-refractivity contribution < 1.29 is 0 Å². The Kier molecular flexibility index (Phi) is 9.41. The number of aromatic nitrogens is 2. The monoisotopic (exact) mass is 493 g/mol. The van der Waals surface area contributed by atoms with Crippen molar-refractivity contribution in [1.82, 2.24) is 15.3 Å². The molecule has 0 amide bonds. The normalized spacial score (nSPS) is 11.0. The first-order valence-electron chi connectivity index (χ1n) is 13.4. The number of rotatable bonds is 12. The van der Waals surface area contributed by atoms with Crippen molar-refractivity contribution in [2.24, 2.45) is 5.73 Å². The van der Waals surface area contributed by atoms with Crippen LogP contribution in [0.25, 0.3) is 22.4 Å². The predicted molar refractivity (Wildman–Crippen MR) is 155 cm³/mol. The van der Waals surface area contributed by atoms with Crippen LogP contribution in [0.5, 0.6) is 0 Å². The van der Waals surface area contributed by atoms with Crippen LogP contribution in [0, 0.1) is 6.92 Å². The second-order valence-corrected chi connectivity index (χ2v) is 9.49. The quantitative estimate of drug-likeness (QED) is 0.193. The van der Waals surface area contributed by atoms with Crippen molar-refractivity contribution in [2.75, 3.05) is 11.9 Å². The third kappa shape index (κ3) is 6.82. The molecule has 192 valence electrons. The number of hydrogen-bond acceptors (Lipinski definition) is 5. The Labute approximate surface area is 221 Å². The summed E-state index contributed by atoms with van der Waals surface area (Å²) in [5.74, 6) is 0. The zero-order valence-corrected chi connectivity index (χ0v) is 22.3. The second kappa shape index (κ2) is 13.1. The lowest BCUT2D eigenvalue weighted by Crippen LogP contribution is -2.15. The van der Waals surface area contributed by atoms with Gasteiger partial charge in [-0.2, -0.15) is 0 Å². The zero-order chi connectivity index (χ0) is 26.0. The molecular formula is C32H39N5. The second-order valence-electron chi connectivity index (χ2n) is 9.49. The van der Waals surface area contributed by atoms with Crippen molar-refractivity contribution in [3.63, 3.8) is 0 Å². The van der Waals surface area contributed by atoms with Crippen molar-refractivity contribution in [3.8, 4) is 22.4 Å². The minimum atomic E-state index is 0.510. The molecule has 0 spiro atoms. The lowest BCUT2D eigenvalue weighted by Gasteiger charge is -2.15. The molecule has 0 saturated carbocycles. The molecule has 0 aliphatic heterocycles. The van der Waals surface area contributed by atoms with E-state index >= 15 is 0 Å². The van der Waals surface area contributed by atoms with Gasteiger partial charge in [-0.1, -0.05) is 50.6 Å². The maximum Gasteiger partial charge on any atom is 0.0708 e. The van der Waals surface area contributed by atoms with Gasteiger partial charge in [-0.15, -0.1) is 0 Å². The smallest absolute Gasteiger partial charge is 0.0708 e. The first-order chi connectivity index (χ1) is 18.1. The van der Waals surface area contributed by atoms with Crippen molar-refractivity contribution >= 4 is 5.69 Å². The average molecular weight is 494 g/mol. The Balaban J connectivity index is 1.53. The van der Waals surface area contributed by atoms with Gasteiger partial charge < -0.3 is 16.4 Å². The van der Waals surface area contributed by atoms with Gasteiger partial charge in [0.15, 0.2) is 0 Å². The summed E-state index contributed by atoms with van der Waals surface area (Å²) < 4.78 is 0. The van der Waals surface area contributed by atoms with E-state index in [2.05, 4.69) is 84.9 Å². The Morgan fingerprint density at radius 1 is 0.865 bits per heavy atom. The molecule has 4 aromatic rings. The lowest BCUT2D eigenvalue weighted by atomic mass is 9.96. The number of unbranched alkanes of at least 4 members (excludes halogenated alkanes) is 1. The van der Waals surface area contributed by atoms with Crippen LogP contribution in [-0.2, 0) is 26.1 Å². The SMILES string of the molecule is CCCCNCc1ccc(-c2cc(-c3cccc(NCc4ccc(CN)cn4)c3C)ccn2)cc1CC. The number of hydrogen-bond donors (Lipinski definition) is 3. The van der Waals surface area contributed by atoms with Gasteiger partial charge in [0.2, 0.25) is 0 Å². The van der Waals surface area contributed by atoms with Crippen molar-refractivity contribution in [3.05, 3.63) is 101 Å². The number of nitrogens with one attached hydrogen (secondary N) is 2. The molecule has 5 nitrogen and oxygen atoms in total. The third-order valence-corrected chi connectivity index (χ3v) is 6.89. The topological polar surface area (TPSA) is 75.9 Å². The fourth-order valence-electron chi connectivity index (χ4n) is 4.57. The van der Waals surface area contributed by atoms with E-state index < -0.39 is 0 Å². The van der Waals surface area contributed by atoms with E-state index in [1.165, 1.54) is 40.7 Å². The largest absolute Gasteiger partial charge is 0.379 e. The van der Waals surface area contributed by atoms with Gasteiger partial charge in [0, 0.05) is 36.7 Å². The molecule has 5 heteroatoms. The summed E-state index contributed by atoms with van der Waals surface area (Å²) in [4.78, 5) is 9.23. The molecule has 0 radical (unpaired) electrons. The Morgan fingerprint density at radius 2 is 1.76 bits per heavy atom. The van der Waals surface area contributed by atoms with Crippen LogP contribution in [0.15, 0.2) is 73.1 Å². The van der Waals surface area contributed by atoms with Gasteiger partial charge in [-0.25, -0.2) is 0 Å². The van der Waals surface area contributed by atoms with Crippen LogP contribution in [0.2, 0.25) is 0 Å². The van der Waals surface area contributed by atoms with Crippen LogP contribution in [0.4, 0.5) is 5.69 Å². The van der Waals surface area contributed by atoms with E-state index in [1.807, 2.05) is 24.5 Å². The molecular weight excluding hydrogens is 454 g/mol. The van der Waals surface area contributed by atoms with Crippen LogP contribution >= 0.6 is 0 Å². The number of nitrogens with two attached hydrogens (primary N) is 1. The van der Waals surface area contributed by atoms with E-state index in [-0.39, 0.29) is 0 Å². The van der Waals surface area contributed by atoms with Crippen LogP contribution in [-0.4, -0.2) is 16.5 Å². The molecule has 0 unspecified atom stereocenters. The van der Waals surface area contributed by atoms with Gasteiger partial charge >= 0.3 is 0 Å². The third-order valence-electron chi connectivity index (χ3n) is 6.89. The first-order valence-corrected chi connectivity index (χ1v) is 13.4. The maximum atomic E-state index is 5.69. The highest BCUT2D eigenvalue weighted by molar-refractivity contribution is 5.76. The molecule has 0 aliphatic carbocycles. The van der Waals surface area contributed by atoms with Gasteiger partial charge in [0.25, 0.3) is 0 Å². The predicted octanol–water partition coefficient (Wildman–Crippen LogP) is 6.64. The molecule has 0 atom stereocenters. The Bertz CT molecular complexity index is 1300. The van der Waals surface area contributed by atoms with E-state index in [1.54, 1.807) is 0 Å². The summed E-state index contributed by atoms with van der Waals surface area (Å²) in [6.07, 6.45) is 7.20. The van der Waals surface area contributed by atoms with Crippen molar-refractivity contribution in [1.29, 1.82) is 0 Å². The maximum absolute atomic E-state index is 5.69. The molecule has 0 aliphatic rings. The fourth-order valence-corrected chi connectivity index (χ4v) is 4.57. The summed E-state index contributed by atoms with van der Waals surface area (Å²) in [5, 5.41) is 7.13. The molecule has 4 N–H and O–H groups in total. The number of benzene rings is 2. The van der Waals surface area contributed by atoms with Crippen LogP contribution in [0.1, 0.15) is 54.6 Å². The highest BCUT2D eigenvalue weighted by atomic mass is 14.9. The lowest BCUT2D eigenvalue weighted by molar-refractivity contribution is 0.639. The molecule has 2 aromatic heterocycles. The summed E-state index contributed by atoms with van der Waals surface area (Å²) in [7, 11) is 0. The van der Waals surface area contributed by atoms with Gasteiger partial charge in [0.1, 0.15) is 0 Å². The van der Waals surface area contributed by atoms with Gasteiger partial charge in [0.05, 0.1) is 17.9 Å². The first kappa shape index (κ1) is 26.5. The van der Waals surface area contributed by atoms with E-state index in [9.17, 15) is 0 Å². The standard InChI is InChI=1S/C32H39N5/c1-4-6-15-34-21-28-12-11-27(17-25(28)5-2)32-18-26(14-16-35-32)30-8-7-9-31(23(30)3)37-22-29-13-10-24(19-33)20-36-29/h7-14,16-18,20,34,37H,4-6,15,19,21-22,33H2,1-3H3. The van der Waals surface area contributed by atoms with Gasteiger partial charge in [-0.3, -0.25) is 9.97 Å².